The van der Waals surface area contributed by atoms with E-state index in [9.17, 15) is 4.79 Å². The molecule has 0 aliphatic rings. The van der Waals surface area contributed by atoms with Crippen molar-refractivity contribution in [3.8, 4) is 0 Å². The minimum Gasteiger partial charge on any atom is -0.362 e. The Kier molecular flexibility index (Phi) is 5.95. The topological polar surface area (TPSA) is 44.4 Å². The SMILES string of the molecule is CCN(CC(=O)NC)c1cc(Cl)ccc1CNC. The predicted octanol–water partition coefficient (Wildman–Crippen LogP) is 1.63. The van der Waals surface area contributed by atoms with E-state index in [0.717, 1.165) is 24.3 Å². The summed E-state index contributed by atoms with van der Waals surface area (Å²) in [6, 6.07) is 5.76. The molecule has 1 amide bonds. The van der Waals surface area contributed by atoms with Crippen molar-refractivity contribution in [1.29, 1.82) is 0 Å². The average molecular weight is 270 g/mol. The van der Waals surface area contributed by atoms with Crippen molar-refractivity contribution in [3.05, 3.63) is 28.8 Å². The molecular formula is C13H20ClN3O. The van der Waals surface area contributed by atoms with Crippen LogP contribution in [0, 0.1) is 0 Å². The van der Waals surface area contributed by atoms with Gasteiger partial charge < -0.3 is 15.5 Å². The molecule has 0 radical (unpaired) electrons. The molecule has 0 aromatic heterocycles. The smallest absolute Gasteiger partial charge is 0.239 e. The first-order chi connectivity index (χ1) is 8.62. The van der Waals surface area contributed by atoms with E-state index in [-0.39, 0.29) is 5.91 Å². The molecule has 0 heterocycles. The highest BCUT2D eigenvalue weighted by Gasteiger charge is 2.13. The lowest BCUT2D eigenvalue weighted by molar-refractivity contribution is -0.119. The highest BCUT2D eigenvalue weighted by Crippen LogP contribution is 2.24. The molecule has 5 heteroatoms. The number of rotatable bonds is 6. The third-order valence-corrected chi connectivity index (χ3v) is 2.99. The van der Waals surface area contributed by atoms with Crippen molar-refractivity contribution in [3.63, 3.8) is 0 Å². The summed E-state index contributed by atoms with van der Waals surface area (Å²) in [4.78, 5) is 13.5. The van der Waals surface area contributed by atoms with Gasteiger partial charge in [-0.1, -0.05) is 17.7 Å². The summed E-state index contributed by atoms with van der Waals surface area (Å²) < 4.78 is 0. The van der Waals surface area contributed by atoms with E-state index in [1.165, 1.54) is 0 Å². The van der Waals surface area contributed by atoms with E-state index >= 15 is 0 Å². The standard InChI is InChI=1S/C13H20ClN3O/c1-4-17(9-13(18)16-3)12-7-11(14)6-5-10(12)8-15-2/h5-7,15H,4,8-9H2,1-3H3,(H,16,18). The van der Waals surface area contributed by atoms with Crippen LogP contribution in [0.25, 0.3) is 0 Å². The molecule has 100 valence electrons. The molecule has 0 bridgehead atoms. The van der Waals surface area contributed by atoms with Crippen LogP contribution in [0.2, 0.25) is 5.02 Å². The third kappa shape index (κ3) is 3.89. The Morgan fingerprint density at radius 1 is 1.39 bits per heavy atom. The van der Waals surface area contributed by atoms with Gasteiger partial charge >= 0.3 is 0 Å². The molecule has 0 unspecified atom stereocenters. The number of hydrogen-bond donors (Lipinski definition) is 2. The number of hydrogen-bond acceptors (Lipinski definition) is 3. The third-order valence-electron chi connectivity index (χ3n) is 2.75. The first-order valence-electron chi connectivity index (χ1n) is 6.00. The summed E-state index contributed by atoms with van der Waals surface area (Å²) in [5, 5.41) is 6.44. The van der Waals surface area contributed by atoms with Crippen LogP contribution >= 0.6 is 11.6 Å². The van der Waals surface area contributed by atoms with Gasteiger partial charge in [0.15, 0.2) is 0 Å². The molecule has 1 aromatic rings. The number of carbonyl (C=O) groups is 1. The van der Waals surface area contributed by atoms with Crippen LogP contribution in [-0.4, -0.2) is 33.1 Å². The summed E-state index contributed by atoms with van der Waals surface area (Å²) >= 11 is 6.04. The number of nitrogens with one attached hydrogen (secondary N) is 2. The van der Waals surface area contributed by atoms with E-state index < -0.39 is 0 Å². The lowest BCUT2D eigenvalue weighted by atomic mass is 10.1. The average Bonchev–Trinajstić information content (AvgIpc) is 2.38. The Balaban J connectivity index is 3.02. The van der Waals surface area contributed by atoms with Crippen molar-refractivity contribution in [2.45, 2.75) is 13.5 Å². The molecule has 18 heavy (non-hydrogen) atoms. The molecule has 0 saturated heterocycles. The number of carbonyl (C=O) groups excluding carboxylic acids is 1. The van der Waals surface area contributed by atoms with Crippen molar-refractivity contribution in [2.24, 2.45) is 0 Å². The van der Waals surface area contributed by atoms with E-state index in [1.807, 2.05) is 37.1 Å². The second-order valence-corrected chi connectivity index (χ2v) is 4.43. The second-order valence-electron chi connectivity index (χ2n) is 3.99. The summed E-state index contributed by atoms with van der Waals surface area (Å²) in [5.41, 5.74) is 2.13. The molecule has 4 nitrogen and oxygen atoms in total. The van der Waals surface area contributed by atoms with E-state index in [2.05, 4.69) is 10.6 Å². The largest absolute Gasteiger partial charge is 0.362 e. The number of amides is 1. The van der Waals surface area contributed by atoms with E-state index in [0.29, 0.717) is 11.6 Å². The molecule has 1 rings (SSSR count). The molecule has 1 aromatic carbocycles. The molecule has 0 fully saturated rings. The van der Waals surface area contributed by atoms with Gasteiger partial charge in [0.05, 0.1) is 6.54 Å². The van der Waals surface area contributed by atoms with Crippen molar-refractivity contribution in [2.75, 3.05) is 32.1 Å². The van der Waals surface area contributed by atoms with E-state index in [4.69, 9.17) is 11.6 Å². The predicted molar refractivity (Wildman–Crippen MR) is 76.2 cm³/mol. The fourth-order valence-electron chi connectivity index (χ4n) is 1.79. The van der Waals surface area contributed by atoms with Crippen molar-refractivity contribution < 1.29 is 4.79 Å². The van der Waals surface area contributed by atoms with Crippen LogP contribution in [0.4, 0.5) is 5.69 Å². The molecule has 0 spiro atoms. The van der Waals surface area contributed by atoms with Gasteiger partial charge in [-0.25, -0.2) is 0 Å². The highest BCUT2D eigenvalue weighted by molar-refractivity contribution is 6.30. The normalized spacial score (nSPS) is 10.2. The first-order valence-corrected chi connectivity index (χ1v) is 6.38. The minimum atomic E-state index is -0.00719. The van der Waals surface area contributed by atoms with Crippen LogP contribution in [0.1, 0.15) is 12.5 Å². The Bertz CT molecular complexity index is 409. The van der Waals surface area contributed by atoms with Gasteiger partial charge in [-0.3, -0.25) is 4.79 Å². The maximum absolute atomic E-state index is 11.5. The van der Waals surface area contributed by atoms with Gasteiger partial charge in [0.25, 0.3) is 0 Å². The molecule has 0 saturated carbocycles. The Morgan fingerprint density at radius 2 is 2.11 bits per heavy atom. The first kappa shape index (κ1) is 14.8. The zero-order valence-electron chi connectivity index (χ0n) is 11.1. The molecule has 0 atom stereocenters. The zero-order chi connectivity index (χ0) is 13.5. The number of anilines is 1. The summed E-state index contributed by atoms with van der Waals surface area (Å²) in [6.07, 6.45) is 0. The summed E-state index contributed by atoms with van der Waals surface area (Å²) in [6.45, 7) is 3.86. The van der Waals surface area contributed by atoms with Gasteiger partial charge in [-0.05, 0) is 31.7 Å². The van der Waals surface area contributed by atoms with E-state index in [1.54, 1.807) is 7.05 Å². The maximum atomic E-state index is 11.5. The minimum absolute atomic E-state index is 0.00719. The molecule has 2 N–H and O–H groups in total. The Hall–Kier alpha value is -1.26. The fraction of sp³-hybridized carbons (Fsp3) is 0.462. The molecular weight excluding hydrogens is 250 g/mol. The van der Waals surface area contributed by atoms with Crippen LogP contribution in [-0.2, 0) is 11.3 Å². The number of halogens is 1. The lowest BCUT2D eigenvalue weighted by Gasteiger charge is -2.25. The lowest BCUT2D eigenvalue weighted by Crippen LogP contribution is -2.36. The quantitative estimate of drug-likeness (QED) is 0.825. The van der Waals surface area contributed by atoms with Gasteiger partial charge in [0.1, 0.15) is 0 Å². The summed E-state index contributed by atoms with van der Waals surface area (Å²) in [7, 11) is 3.54. The fourth-order valence-corrected chi connectivity index (χ4v) is 1.96. The zero-order valence-corrected chi connectivity index (χ0v) is 11.8. The van der Waals surface area contributed by atoms with Crippen LogP contribution in [0.5, 0.6) is 0 Å². The van der Waals surface area contributed by atoms with Crippen LogP contribution in [0.15, 0.2) is 18.2 Å². The van der Waals surface area contributed by atoms with Crippen LogP contribution in [0.3, 0.4) is 0 Å². The van der Waals surface area contributed by atoms with Gasteiger partial charge in [-0.15, -0.1) is 0 Å². The van der Waals surface area contributed by atoms with Crippen LogP contribution < -0.4 is 15.5 Å². The number of likely N-dealkylation sites (N-methyl/N-ethyl adjacent to an activating group) is 2. The van der Waals surface area contributed by atoms with Gasteiger partial charge in [0, 0.05) is 30.8 Å². The Labute approximate surface area is 113 Å². The number of benzene rings is 1. The molecule has 0 aliphatic heterocycles. The maximum Gasteiger partial charge on any atom is 0.239 e. The van der Waals surface area contributed by atoms with Crippen molar-refractivity contribution >= 4 is 23.2 Å². The summed E-state index contributed by atoms with van der Waals surface area (Å²) in [5.74, 6) is -0.00719. The second kappa shape index (κ2) is 7.24. The van der Waals surface area contributed by atoms with Crippen molar-refractivity contribution in [1.82, 2.24) is 10.6 Å². The molecule has 0 aliphatic carbocycles. The highest BCUT2D eigenvalue weighted by atomic mass is 35.5. The monoisotopic (exact) mass is 269 g/mol. The van der Waals surface area contributed by atoms with Gasteiger partial charge in [-0.2, -0.15) is 0 Å². The Morgan fingerprint density at radius 3 is 2.67 bits per heavy atom. The number of nitrogens with zero attached hydrogens (tertiary/aromatic N) is 1. The van der Waals surface area contributed by atoms with Gasteiger partial charge in [0.2, 0.25) is 5.91 Å².